The molecule has 0 spiro atoms. The summed E-state index contributed by atoms with van der Waals surface area (Å²) in [6, 6.07) is 8.23. The van der Waals surface area contributed by atoms with Gasteiger partial charge in [-0.25, -0.2) is 9.59 Å². The Morgan fingerprint density at radius 2 is 1.87 bits per heavy atom. The van der Waals surface area contributed by atoms with Gasteiger partial charge in [0.05, 0.1) is 4.99 Å². The molecule has 0 saturated heterocycles. The van der Waals surface area contributed by atoms with Crippen molar-refractivity contribution in [3.8, 4) is 0 Å². The minimum absolute atomic E-state index is 0.00218. The van der Waals surface area contributed by atoms with Crippen LogP contribution in [-0.4, -0.2) is 28.7 Å². The maximum Gasteiger partial charge on any atom is 0.408 e. The highest BCUT2D eigenvalue weighted by atomic mass is 32.1. The van der Waals surface area contributed by atoms with Gasteiger partial charge in [-0.2, -0.15) is 0 Å². The van der Waals surface area contributed by atoms with Gasteiger partial charge in [0.1, 0.15) is 18.2 Å². The van der Waals surface area contributed by atoms with Gasteiger partial charge in [-0.3, -0.25) is 0 Å². The van der Waals surface area contributed by atoms with Crippen LogP contribution in [0.5, 0.6) is 0 Å². The summed E-state index contributed by atoms with van der Waals surface area (Å²) in [5.41, 5.74) is 5.64. The van der Waals surface area contributed by atoms with Crippen LogP contribution in [0.3, 0.4) is 0 Å². The van der Waals surface area contributed by atoms with Gasteiger partial charge in [0.15, 0.2) is 0 Å². The number of carbonyl (C=O) groups is 2. The van der Waals surface area contributed by atoms with Crippen molar-refractivity contribution in [1.29, 1.82) is 0 Å². The van der Waals surface area contributed by atoms with Crippen LogP contribution in [0.25, 0.3) is 0 Å². The number of hydrogen-bond acceptors (Lipinski definition) is 5. The fourth-order valence-corrected chi connectivity index (χ4v) is 1.84. The Hall–Kier alpha value is -2.15. The third-order valence-electron chi connectivity index (χ3n) is 2.60. The maximum atomic E-state index is 12.1. The summed E-state index contributed by atoms with van der Waals surface area (Å²) >= 11 is 4.81. The zero-order valence-electron chi connectivity index (χ0n) is 13.5. The minimum atomic E-state index is -0.980. The van der Waals surface area contributed by atoms with E-state index in [2.05, 4.69) is 5.32 Å². The highest BCUT2D eigenvalue weighted by Gasteiger charge is 2.26. The third-order valence-corrected chi connectivity index (χ3v) is 2.77. The van der Waals surface area contributed by atoms with Gasteiger partial charge >= 0.3 is 12.1 Å². The molecule has 6 nitrogen and oxygen atoms in total. The number of thiocarbonyl (C=S) groups is 1. The molecule has 0 aliphatic heterocycles. The Morgan fingerprint density at radius 1 is 1.26 bits per heavy atom. The van der Waals surface area contributed by atoms with Crippen LogP contribution < -0.4 is 11.1 Å². The highest BCUT2D eigenvalue weighted by Crippen LogP contribution is 2.08. The second-order valence-corrected chi connectivity index (χ2v) is 6.49. The lowest BCUT2D eigenvalue weighted by atomic mass is 10.2. The van der Waals surface area contributed by atoms with Crippen molar-refractivity contribution in [2.24, 2.45) is 5.73 Å². The number of nitrogens with one attached hydrogen (secondary N) is 1. The Balaban J connectivity index is 2.63. The summed E-state index contributed by atoms with van der Waals surface area (Å²) in [4.78, 5) is 24.0. The molecule has 1 atom stereocenters. The van der Waals surface area contributed by atoms with E-state index in [0.717, 1.165) is 5.56 Å². The molecule has 0 bridgehead atoms. The van der Waals surface area contributed by atoms with Crippen molar-refractivity contribution in [3.05, 3.63) is 35.9 Å². The summed E-state index contributed by atoms with van der Waals surface area (Å²) in [5.74, 6) is -0.618. The molecule has 0 aliphatic carbocycles. The molecule has 1 aromatic rings. The van der Waals surface area contributed by atoms with Gasteiger partial charge in [0.2, 0.25) is 0 Å². The topological polar surface area (TPSA) is 90.6 Å². The average Bonchev–Trinajstić information content (AvgIpc) is 2.42. The first-order valence-electron chi connectivity index (χ1n) is 7.16. The lowest BCUT2D eigenvalue weighted by Crippen LogP contribution is -2.45. The van der Waals surface area contributed by atoms with Crippen LogP contribution in [-0.2, 0) is 20.9 Å². The molecular formula is C16H22N2O4S. The zero-order valence-corrected chi connectivity index (χ0v) is 14.3. The van der Waals surface area contributed by atoms with Crippen molar-refractivity contribution in [2.75, 3.05) is 0 Å². The summed E-state index contributed by atoms with van der Waals surface area (Å²) in [7, 11) is 0. The lowest BCUT2D eigenvalue weighted by Gasteiger charge is -2.22. The summed E-state index contributed by atoms with van der Waals surface area (Å²) in [6.07, 6.45) is -0.724. The molecule has 0 aliphatic rings. The van der Waals surface area contributed by atoms with E-state index in [9.17, 15) is 9.59 Å². The maximum absolute atomic E-state index is 12.1. The molecule has 3 N–H and O–H groups in total. The fraction of sp³-hybridized carbons (Fsp3) is 0.438. The summed E-state index contributed by atoms with van der Waals surface area (Å²) in [6.45, 7) is 5.28. The molecular weight excluding hydrogens is 316 g/mol. The monoisotopic (exact) mass is 338 g/mol. The fourth-order valence-electron chi connectivity index (χ4n) is 1.67. The second-order valence-electron chi connectivity index (χ2n) is 5.96. The van der Waals surface area contributed by atoms with Gasteiger partial charge in [0, 0.05) is 6.42 Å². The number of alkyl carbamates (subject to hydrolysis) is 1. The first-order valence-corrected chi connectivity index (χ1v) is 7.56. The molecule has 7 heteroatoms. The van der Waals surface area contributed by atoms with Crippen LogP contribution in [0.2, 0.25) is 0 Å². The summed E-state index contributed by atoms with van der Waals surface area (Å²) in [5, 5.41) is 2.44. The number of esters is 1. The van der Waals surface area contributed by atoms with Gasteiger partial charge < -0.3 is 20.5 Å². The smallest absolute Gasteiger partial charge is 0.408 e. The molecule has 1 aromatic carbocycles. The Kier molecular flexibility index (Phi) is 6.96. The van der Waals surface area contributed by atoms with Gasteiger partial charge in [-0.05, 0) is 26.3 Å². The second kappa shape index (κ2) is 8.47. The molecule has 0 radical (unpaired) electrons. The molecule has 0 fully saturated rings. The van der Waals surface area contributed by atoms with E-state index in [1.165, 1.54) is 0 Å². The number of benzene rings is 1. The number of carbonyl (C=O) groups excluding carboxylic acids is 2. The molecule has 0 aromatic heterocycles. The highest BCUT2D eigenvalue weighted by molar-refractivity contribution is 7.80. The van der Waals surface area contributed by atoms with Crippen LogP contribution >= 0.6 is 12.2 Å². The molecule has 0 saturated carbocycles. The van der Waals surface area contributed by atoms with E-state index in [-0.39, 0.29) is 18.0 Å². The number of amides is 1. The Bertz CT molecular complexity index is 555. The quantitative estimate of drug-likeness (QED) is 0.611. The standard InChI is InChI=1S/C16H22N2O4S/c1-16(2,3)22-15(20)18-12(9-13(17)23)14(19)21-10-11-7-5-4-6-8-11/h4-8,12H,9-10H2,1-3H3,(H2,17,23)(H,18,20)/t12-/m0/s1. The van der Waals surface area contributed by atoms with Crippen molar-refractivity contribution in [2.45, 2.75) is 45.4 Å². The molecule has 1 rings (SSSR count). The van der Waals surface area contributed by atoms with Crippen LogP contribution in [0.4, 0.5) is 4.79 Å². The zero-order chi connectivity index (χ0) is 17.5. The number of hydrogen-bond donors (Lipinski definition) is 2. The van der Waals surface area contributed by atoms with Gasteiger partial charge in [-0.1, -0.05) is 42.5 Å². The van der Waals surface area contributed by atoms with E-state index in [1.54, 1.807) is 20.8 Å². The van der Waals surface area contributed by atoms with E-state index in [4.69, 9.17) is 27.4 Å². The predicted molar refractivity (Wildman–Crippen MR) is 90.8 cm³/mol. The largest absolute Gasteiger partial charge is 0.459 e. The van der Waals surface area contributed by atoms with E-state index in [1.807, 2.05) is 30.3 Å². The molecule has 126 valence electrons. The Labute approximate surface area is 141 Å². The van der Waals surface area contributed by atoms with Gasteiger partial charge in [-0.15, -0.1) is 0 Å². The van der Waals surface area contributed by atoms with Gasteiger partial charge in [0.25, 0.3) is 0 Å². The number of rotatable bonds is 6. The normalized spacial score (nSPS) is 12.1. The summed E-state index contributed by atoms with van der Waals surface area (Å²) < 4.78 is 10.3. The van der Waals surface area contributed by atoms with E-state index in [0.29, 0.717) is 0 Å². The van der Waals surface area contributed by atoms with Crippen LogP contribution in [0.1, 0.15) is 32.8 Å². The third kappa shape index (κ3) is 8.15. The number of ether oxygens (including phenoxy) is 2. The molecule has 0 heterocycles. The minimum Gasteiger partial charge on any atom is -0.459 e. The van der Waals surface area contributed by atoms with Crippen molar-refractivity contribution in [1.82, 2.24) is 5.32 Å². The number of nitrogens with two attached hydrogens (primary N) is 1. The van der Waals surface area contributed by atoms with Crippen LogP contribution in [0.15, 0.2) is 30.3 Å². The van der Waals surface area contributed by atoms with E-state index < -0.39 is 23.7 Å². The first kappa shape index (κ1) is 18.9. The Morgan fingerprint density at radius 3 is 2.39 bits per heavy atom. The van der Waals surface area contributed by atoms with Crippen molar-refractivity contribution in [3.63, 3.8) is 0 Å². The molecule has 1 amide bonds. The lowest BCUT2D eigenvalue weighted by molar-refractivity contribution is -0.147. The first-order chi connectivity index (χ1) is 10.7. The van der Waals surface area contributed by atoms with Crippen molar-refractivity contribution >= 4 is 29.3 Å². The molecule has 0 unspecified atom stereocenters. The SMILES string of the molecule is CC(C)(C)OC(=O)N[C@@H](CC(N)=S)C(=O)OCc1ccccc1. The predicted octanol–water partition coefficient (Wildman–Crippen LogP) is 2.30. The molecule has 23 heavy (non-hydrogen) atoms. The van der Waals surface area contributed by atoms with Crippen molar-refractivity contribution < 1.29 is 19.1 Å². The van der Waals surface area contributed by atoms with Crippen LogP contribution in [0, 0.1) is 0 Å². The van der Waals surface area contributed by atoms with E-state index >= 15 is 0 Å². The average molecular weight is 338 g/mol.